The molecule has 6 nitrogen and oxygen atoms in total. The number of fused-ring (bicyclic) bond motifs is 1. The van der Waals surface area contributed by atoms with Gasteiger partial charge in [-0.1, -0.05) is 50.2 Å². The molecule has 0 aromatic heterocycles. The van der Waals surface area contributed by atoms with E-state index in [2.05, 4.69) is 4.90 Å². The summed E-state index contributed by atoms with van der Waals surface area (Å²) in [6.45, 7) is 6.46. The van der Waals surface area contributed by atoms with Gasteiger partial charge in [-0.05, 0) is 24.5 Å². The lowest BCUT2D eigenvalue weighted by molar-refractivity contribution is -0.139. The number of amides is 4. The van der Waals surface area contributed by atoms with Crippen LogP contribution in [0.1, 0.15) is 13.8 Å². The normalized spacial score (nSPS) is 14.5. The lowest BCUT2D eigenvalue weighted by Gasteiger charge is -2.21. The van der Waals surface area contributed by atoms with Gasteiger partial charge < -0.3 is 4.90 Å². The highest BCUT2D eigenvalue weighted by Crippen LogP contribution is 2.30. The molecule has 0 spiro atoms. The Morgan fingerprint density at radius 3 is 2.23 bits per heavy atom. The summed E-state index contributed by atoms with van der Waals surface area (Å²) in [7, 11) is 0. The summed E-state index contributed by atoms with van der Waals surface area (Å²) in [4.78, 5) is 41.7. The molecular weight excluding hydrogens is 354 g/mol. The first-order chi connectivity index (χ1) is 12.1. The van der Waals surface area contributed by atoms with Gasteiger partial charge in [0.15, 0.2) is 0 Å². The summed E-state index contributed by atoms with van der Waals surface area (Å²) in [6.07, 6.45) is 0. The van der Waals surface area contributed by atoms with Gasteiger partial charge >= 0.3 is 17.8 Å². The second-order valence-electron chi connectivity index (χ2n) is 5.91. The average molecular weight is 376 g/mol. The van der Waals surface area contributed by atoms with Gasteiger partial charge in [-0.2, -0.15) is 0 Å². The van der Waals surface area contributed by atoms with Gasteiger partial charge in [0.25, 0.3) is 0 Å². The van der Waals surface area contributed by atoms with Gasteiger partial charge in [-0.15, -0.1) is 12.4 Å². The van der Waals surface area contributed by atoms with Gasteiger partial charge in [-0.25, -0.2) is 9.69 Å². The van der Waals surface area contributed by atoms with Crippen LogP contribution in [-0.4, -0.2) is 53.8 Å². The number of carbonyl (C=O) groups excluding carboxylic acids is 3. The molecule has 0 bridgehead atoms. The van der Waals surface area contributed by atoms with E-state index in [9.17, 15) is 14.4 Å². The lowest BCUT2D eigenvalue weighted by atomic mass is 10.1. The molecule has 0 unspecified atom stereocenters. The highest BCUT2D eigenvalue weighted by Gasteiger charge is 2.45. The van der Waals surface area contributed by atoms with Crippen molar-refractivity contribution in [3.63, 3.8) is 0 Å². The zero-order chi connectivity index (χ0) is 18.0. The van der Waals surface area contributed by atoms with Gasteiger partial charge in [0, 0.05) is 18.5 Å². The Balaban J connectivity index is 0.00000243. The molecule has 26 heavy (non-hydrogen) atoms. The Morgan fingerprint density at radius 1 is 0.885 bits per heavy atom. The molecule has 0 atom stereocenters. The molecule has 1 fully saturated rings. The van der Waals surface area contributed by atoms with E-state index in [1.807, 2.05) is 44.2 Å². The van der Waals surface area contributed by atoms with Crippen LogP contribution in [0.5, 0.6) is 0 Å². The van der Waals surface area contributed by atoms with E-state index >= 15 is 0 Å². The molecule has 2 aromatic carbocycles. The van der Waals surface area contributed by atoms with E-state index in [-0.39, 0.29) is 19.0 Å². The van der Waals surface area contributed by atoms with E-state index in [0.717, 1.165) is 33.7 Å². The van der Waals surface area contributed by atoms with Crippen molar-refractivity contribution in [1.82, 2.24) is 9.80 Å². The zero-order valence-electron chi connectivity index (χ0n) is 14.8. The van der Waals surface area contributed by atoms with Crippen molar-refractivity contribution >= 4 is 46.7 Å². The molecule has 138 valence electrons. The summed E-state index contributed by atoms with van der Waals surface area (Å²) >= 11 is 0. The zero-order valence-corrected chi connectivity index (χ0v) is 15.7. The minimum Gasteiger partial charge on any atom is -0.302 e. The topological polar surface area (TPSA) is 60.9 Å². The van der Waals surface area contributed by atoms with Crippen LogP contribution in [0.25, 0.3) is 10.8 Å². The van der Waals surface area contributed by atoms with Gasteiger partial charge in [-0.3, -0.25) is 14.5 Å². The van der Waals surface area contributed by atoms with Crippen LogP contribution >= 0.6 is 12.4 Å². The van der Waals surface area contributed by atoms with Crippen LogP contribution in [0.2, 0.25) is 0 Å². The van der Waals surface area contributed by atoms with Crippen LogP contribution in [0.3, 0.4) is 0 Å². The fraction of sp³-hybridized carbons (Fsp3) is 0.316. The number of rotatable bonds is 6. The van der Waals surface area contributed by atoms with E-state index in [1.165, 1.54) is 0 Å². The van der Waals surface area contributed by atoms with Crippen LogP contribution in [-0.2, 0) is 9.59 Å². The molecule has 1 aliphatic heterocycles. The number of likely N-dealkylation sites (N-methyl/N-ethyl adjacent to an activating group) is 1. The number of benzene rings is 2. The minimum atomic E-state index is -0.791. The summed E-state index contributed by atoms with van der Waals surface area (Å²) in [5.41, 5.74) is 0.451. The molecule has 7 heteroatoms. The smallest absolute Gasteiger partial charge is 0.302 e. The molecule has 0 radical (unpaired) electrons. The molecule has 0 aliphatic carbocycles. The molecule has 4 amide bonds. The Labute approximate surface area is 158 Å². The number of hydrogen-bond acceptors (Lipinski definition) is 4. The van der Waals surface area contributed by atoms with Crippen molar-refractivity contribution in [2.45, 2.75) is 13.8 Å². The maximum atomic E-state index is 12.8. The Bertz CT molecular complexity index is 830. The molecule has 1 aliphatic rings. The molecule has 3 rings (SSSR count). The Morgan fingerprint density at radius 2 is 1.54 bits per heavy atom. The predicted octanol–water partition coefficient (Wildman–Crippen LogP) is 2.90. The lowest BCUT2D eigenvalue weighted by Crippen LogP contribution is -2.39. The Kier molecular flexibility index (Phi) is 6.34. The number of imide groups is 2. The molecular formula is C19H22ClN3O3. The summed E-state index contributed by atoms with van der Waals surface area (Å²) < 4.78 is 0. The van der Waals surface area contributed by atoms with Crippen molar-refractivity contribution in [3.8, 4) is 0 Å². The molecule has 0 N–H and O–H groups in total. The largest absolute Gasteiger partial charge is 0.338 e. The van der Waals surface area contributed by atoms with E-state index in [4.69, 9.17) is 0 Å². The van der Waals surface area contributed by atoms with Crippen LogP contribution in [0, 0.1) is 0 Å². The molecule has 0 saturated carbocycles. The van der Waals surface area contributed by atoms with Crippen molar-refractivity contribution in [1.29, 1.82) is 0 Å². The third-order valence-corrected chi connectivity index (χ3v) is 4.60. The second-order valence-corrected chi connectivity index (χ2v) is 5.91. The highest BCUT2D eigenvalue weighted by molar-refractivity contribution is 6.53. The first-order valence-electron chi connectivity index (χ1n) is 8.48. The predicted molar refractivity (Wildman–Crippen MR) is 104 cm³/mol. The SMILES string of the molecule is CCN(CC)CCN1C(=O)C(=O)N(c2cccc3ccccc23)C1=O.Cl. The van der Waals surface area contributed by atoms with Gasteiger partial charge in [0.05, 0.1) is 5.69 Å². The number of hydrogen-bond donors (Lipinski definition) is 0. The summed E-state index contributed by atoms with van der Waals surface area (Å²) in [5.74, 6) is -1.55. The van der Waals surface area contributed by atoms with Crippen molar-refractivity contribution in [3.05, 3.63) is 42.5 Å². The number of halogens is 1. The third-order valence-electron chi connectivity index (χ3n) is 4.60. The highest BCUT2D eigenvalue weighted by atomic mass is 35.5. The number of nitrogens with zero attached hydrogens (tertiary/aromatic N) is 3. The van der Waals surface area contributed by atoms with Crippen molar-refractivity contribution in [2.75, 3.05) is 31.1 Å². The number of carbonyl (C=O) groups is 3. The molecule has 1 heterocycles. The maximum absolute atomic E-state index is 12.8. The van der Waals surface area contributed by atoms with E-state index in [1.54, 1.807) is 12.1 Å². The van der Waals surface area contributed by atoms with Crippen LogP contribution in [0.4, 0.5) is 10.5 Å². The third kappa shape index (κ3) is 3.43. The second kappa shape index (κ2) is 8.29. The van der Waals surface area contributed by atoms with Crippen molar-refractivity contribution in [2.24, 2.45) is 0 Å². The fourth-order valence-corrected chi connectivity index (χ4v) is 3.10. The first kappa shape index (κ1) is 19.9. The first-order valence-corrected chi connectivity index (χ1v) is 8.48. The van der Waals surface area contributed by atoms with E-state index in [0.29, 0.717) is 12.2 Å². The maximum Gasteiger partial charge on any atom is 0.338 e. The molecule has 2 aromatic rings. The van der Waals surface area contributed by atoms with E-state index < -0.39 is 17.8 Å². The monoisotopic (exact) mass is 375 g/mol. The number of urea groups is 1. The van der Waals surface area contributed by atoms with Crippen molar-refractivity contribution < 1.29 is 14.4 Å². The standard InChI is InChI=1S/C19H21N3O3.ClH/c1-3-20(4-2)12-13-21-17(23)18(24)22(19(21)25)16-11-7-9-14-8-5-6-10-15(14)16;/h5-11H,3-4,12-13H2,1-2H3;1H. The van der Waals surface area contributed by atoms with Crippen LogP contribution < -0.4 is 4.90 Å². The van der Waals surface area contributed by atoms with Gasteiger partial charge in [0.2, 0.25) is 0 Å². The minimum absolute atomic E-state index is 0. The van der Waals surface area contributed by atoms with Gasteiger partial charge in [0.1, 0.15) is 0 Å². The summed E-state index contributed by atoms with van der Waals surface area (Å²) in [5, 5.41) is 1.68. The quantitative estimate of drug-likeness (QED) is 0.575. The average Bonchev–Trinajstić information content (AvgIpc) is 2.85. The fourth-order valence-electron chi connectivity index (χ4n) is 3.10. The molecule has 1 saturated heterocycles. The Hall–Kier alpha value is -2.44. The van der Waals surface area contributed by atoms with Crippen LogP contribution in [0.15, 0.2) is 42.5 Å². The summed E-state index contributed by atoms with van der Waals surface area (Å²) in [6, 6.07) is 12.3. The number of anilines is 1.